The van der Waals surface area contributed by atoms with E-state index < -0.39 is 124 Å². The summed E-state index contributed by atoms with van der Waals surface area (Å²) in [5.74, 6) is -0.327. The van der Waals surface area contributed by atoms with Gasteiger partial charge in [0.15, 0.2) is 18.9 Å². The van der Waals surface area contributed by atoms with Gasteiger partial charge in [0, 0.05) is 6.42 Å². The number of rotatable bonds is 36. The Morgan fingerprint density at radius 2 is 0.914 bits per heavy atom. The number of aliphatic hydroxyl groups excluding tert-OH is 11. The fourth-order valence-electron chi connectivity index (χ4n) is 8.73. The van der Waals surface area contributed by atoms with Gasteiger partial charge in [-0.25, -0.2) is 0 Å². The maximum atomic E-state index is 12.8. The number of aliphatic hydroxyl groups is 11. The smallest absolute Gasteiger partial charge is 0.220 e. The minimum atomic E-state index is -1.98. The molecule has 0 aromatic heterocycles. The fraction of sp³-hybridized carbons (Fsp3) is 0.863. The van der Waals surface area contributed by atoms with Crippen LogP contribution in [-0.4, -0.2) is 193 Å². The summed E-state index contributed by atoms with van der Waals surface area (Å²) in [4.78, 5) is 12.8. The molecule has 17 atom stereocenters. The van der Waals surface area contributed by atoms with Crippen molar-refractivity contribution in [2.45, 2.75) is 253 Å². The third-order valence-corrected chi connectivity index (χ3v) is 13.2. The molecular formula is C51H91NO18. The molecule has 17 unspecified atom stereocenters. The Morgan fingerprint density at radius 3 is 1.41 bits per heavy atom. The van der Waals surface area contributed by atoms with Crippen molar-refractivity contribution in [2.75, 3.05) is 26.4 Å². The molecule has 3 fully saturated rings. The van der Waals surface area contributed by atoms with Crippen molar-refractivity contribution in [3.63, 3.8) is 0 Å². The van der Waals surface area contributed by atoms with Gasteiger partial charge in [0.25, 0.3) is 0 Å². The van der Waals surface area contributed by atoms with E-state index in [0.717, 1.165) is 32.1 Å². The molecule has 19 heteroatoms. The molecule has 0 saturated carbocycles. The number of carbonyl (C=O) groups excluding carboxylic acids is 1. The molecule has 0 aliphatic carbocycles. The molecule has 3 saturated heterocycles. The first kappa shape index (κ1) is 62.3. The molecular weight excluding hydrogens is 915 g/mol. The van der Waals surface area contributed by atoms with Crippen molar-refractivity contribution in [1.82, 2.24) is 5.32 Å². The van der Waals surface area contributed by atoms with Crippen LogP contribution in [0.3, 0.4) is 0 Å². The highest BCUT2D eigenvalue weighted by Gasteiger charge is 2.53. The summed E-state index contributed by atoms with van der Waals surface area (Å²) < 4.78 is 33.8. The molecule has 12 N–H and O–H groups in total. The molecule has 0 radical (unpaired) electrons. The molecule has 0 aromatic rings. The lowest BCUT2D eigenvalue weighted by atomic mass is 9.96. The van der Waals surface area contributed by atoms with Crippen molar-refractivity contribution in [3.05, 3.63) is 36.5 Å². The zero-order valence-electron chi connectivity index (χ0n) is 41.7. The molecule has 19 nitrogen and oxygen atoms in total. The average molecular weight is 1010 g/mol. The number of carbonyl (C=O) groups is 1. The minimum Gasteiger partial charge on any atom is -0.394 e. The van der Waals surface area contributed by atoms with Crippen molar-refractivity contribution in [1.29, 1.82) is 0 Å². The van der Waals surface area contributed by atoms with Gasteiger partial charge >= 0.3 is 0 Å². The summed E-state index contributed by atoms with van der Waals surface area (Å²) in [5, 5.41) is 119. The van der Waals surface area contributed by atoms with Gasteiger partial charge in [-0.15, -0.1) is 0 Å². The molecule has 3 heterocycles. The highest BCUT2D eigenvalue weighted by molar-refractivity contribution is 5.76. The maximum absolute atomic E-state index is 12.8. The van der Waals surface area contributed by atoms with Crippen LogP contribution >= 0.6 is 0 Å². The van der Waals surface area contributed by atoms with Crippen LogP contribution in [0, 0.1) is 0 Å². The summed E-state index contributed by atoms with van der Waals surface area (Å²) in [6, 6.07) is -0.988. The molecule has 3 aliphatic heterocycles. The van der Waals surface area contributed by atoms with Gasteiger partial charge in [-0.1, -0.05) is 134 Å². The molecule has 3 rings (SSSR count). The summed E-state index contributed by atoms with van der Waals surface area (Å²) in [5.41, 5.74) is 0. The van der Waals surface area contributed by atoms with E-state index >= 15 is 0 Å². The topological polar surface area (TPSA) is 307 Å². The molecule has 70 heavy (non-hydrogen) atoms. The maximum Gasteiger partial charge on any atom is 0.220 e. The van der Waals surface area contributed by atoms with Gasteiger partial charge in [-0.3, -0.25) is 4.79 Å². The zero-order chi connectivity index (χ0) is 51.3. The van der Waals surface area contributed by atoms with Crippen molar-refractivity contribution < 1.29 is 89.4 Å². The Kier molecular flexibility index (Phi) is 32.1. The Labute approximate surface area is 415 Å². The number of ether oxygens (including phenoxy) is 6. The molecule has 0 spiro atoms. The van der Waals surface area contributed by atoms with Crippen LogP contribution in [0.5, 0.6) is 0 Å². The van der Waals surface area contributed by atoms with Gasteiger partial charge in [0.05, 0.1) is 38.6 Å². The number of hydrogen-bond donors (Lipinski definition) is 12. The predicted molar refractivity (Wildman–Crippen MR) is 259 cm³/mol. The summed E-state index contributed by atoms with van der Waals surface area (Å²) in [6.45, 7) is 1.39. The van der Waals surface area contributed by atoms with E-state index in [0.29, 0.717) is 12.8 Å². The predicted octanol–water partition coefficient (Wildman–Crippen LogP) is 2.20. The Bertz CT molecular complexity index is 1440. The number of nitrogens with one attached hydrogen (secondary N) is 1. The average Bonchev–Trinajstić information content (AvgIpc) is 3.36. The second-order valence-electron chi connectivity index (χ2n) is 19.0. The number of unbranched alkanes of at least 4 members (excludes halogenated alkanes) is 16. The van der Waals surface area contributed by atoms with E-state index in [1.54, 1.807) is 12.2 Å². The van der Waals surface area contributed by atoms with Crippen molar-refractivity contribution in [3.8, 4) is 0 Å². The van der Waals surface area contributed by atoms with Gasteiger partial charge in [-0.05, 0) is 44.9 Å². The van der Waals surface area contributed by atoms with Gasteiger partial charge < -0.3 is 89.9 Å². The lowest BCUT2D eigenvalue weighted by Crippen LogP contribution is -2.66. The van der Waals surface area contributed by atoms with Crippen LogP contribution in [-0.2, 0) is 33.2 Å². The second kappa shape index (κ2) is 36.0. The first-order valence-electron chi connectivity index (χ1n) is 26.2. The third kappa shape index (κ3) is 21.5. The zero-order valence-corrected chi connectivity index (χ0v) is 41.7. The van der Waals surface area contributed by atoms with Crippen LogP contribution in [0.15, 0.2) is 36.5 Å². The van der Waals surface area contributed by atoms with E-state index in [9.17, 15) is 61.0 Å². The van der Waals surface area contributed by atoms with Crippen molar-refractivity contribution >= 4 is 5.91 Å². The summed E-state index contributed by atoms with van der Waals surface area (Å²) in [6.07, 6.45) is 8.87. The molecule has 408 valence electrons. The van der Waals surface area contributed by atoms with Crippen LogP contribution < -0.4 is 5.32 Å². The first-order valence-corrected chi connectivity index (χ1v) is 26.2. The van der Waals surface area contributed by atoms with E-state index in [-0.39, 0.29) is 18.9 Å². The van der Waals surface area contributed by atoms with Gasteiger partial charge in [0.1, 0.15) is 73.2 Å². The summed E-state index contributed by atoms with van der Waals surface area (Å²) >= 11 is 0. The van der Waals surface area contributed by atoms with E-state index in [4.69, 9.17) is 28.4 Å². The highest BCUT2D eigenvalue weighted by Crippen LogP contribution is 2.33. The first-order chi connectivity index (χ1) is 33.8. The SMILES string of the molecule is CCCCCCCCCCCCCCC/C=C/CC/C=C/CC/C=C/C(O)C(COC1OC(CO)C(OC2OC(CO)C(OC3OC(CO)C(O)C(O)C3O)C(O)C2O)C(O)C1O)NC(=O)CCCC. The second-order valence-corrected chi connectivity index (χ2v) is 19.0. The minimum absolute atomic E-state index is 0.206. The number of amides is 1. The largest absolute Gasteiger partial charge is 0.394 e. The monoisotopic (exact) mass is 1010 g/mol. The van der Waals surface area contributed by atoms with E-state index in [1.807, 2.05) is 6.92 Å². The lowest BCUT2D eigenvalue weighted by Gasteiger charge is -2.48. The van der Waals surface area contributed by atoms with Crippen LogP contribution in [0.4, 0.5) is 0 Å². The third-order valence-electron chi connectivity index (χ3n) is 13.2. The molecule has 0 aromatic carbocycles. The number of allylic oxidation sites excluding steroid dienone is 5. The van der Waals surface area contributed by atoms with Crippen molar-refractivity contribution in [2.24, 2.45) is 0 Å². The standard InChI is InChI=1S/C51H91NO18/c1-3-5-7-8-9-10-11-12-13-14-15-16-17-18-19-20-21-22-23-24-25-26-27-28-35(56)34(52-39(57)29-6-4-2)33-65-49-45(63)42(60)47(37(31-54)67-49)70-51-46(64)43(61)48(38(32-55)68-51)69-50-44(62)41(59)40(58)36(30-53)66-50/h19-20,23-24,27-28,34-38,40-51,53-56,58-64H,3-18,21-22,25-26,29-33H2,1-2H3,(H,52,57)/b20-19+,24-23+,28-27+. The lowest BCUT2D eigenvalue weighted by molar-refractivity contribution is -0.379. The number of hydrogen-bond acceptors (Lipinski definition) is 18. The van der Waals surface area contributed by atoms with Crippen LogP contribution in [0.25, 0.3) is 0 Å². The molecule has 1 amide bonds. The van der Waals surface area contributed by atoms with E-state index in [2.05, 4.69) is 36.5 Å². The quantitative estimate of drug-likeness (QED) is 0.0316. The summed E-state index contributed by atoms with van der Waals surface area (Å²) in [7, 11) is 0. The fourth-order valence-corrected chi connectivity index (χ4v) is 8.73. The Hall–Kier alpha value is -1.99. The van der Waals surface area contributed by atoms with Crippen LogP contribution in [0.2, 0.25) is 0 Å². The van der Waals surface area contributed by atoms with Crippen LogP contribution in [0.1, 0.15) is 149 Å². The molecule has 0 bridgehead atoms. The van der Waals surface area contributed by atoms with Gasteiger partial charge in [-0.2, -0.15) is 0 Å². The van der Waals surface area contributed by atoms with E-state index in [1.165, 1.54) is 83.5 Å². The van der Waals surface area contributed by atoms with Gasteiger partial charge in [0.2, 0.25) is 5.91 Å². The highest BCUT2D eigenvalue weighted by atomic mass is 16.8. The Balaban J connectivity index is 1.43. The molecule has 3 aliphatic rings. The normalized spacial score (nSPS) is 32.8. The Morgan fingerprint density at radius 1 is 0.500 bits per heavy atom.